The molecular weight excluding hydrogens is 662 g/mol. The first-order valence-electron chi connectivity index (χ1n) is 16.1. The topological polar surface area (TPSA) is 140 Å². The third-order valence-electron chi connectivity index (χ3n) is 9.50. The predicted molar refractivity (Wildman–Crippen MR) is 196 cm³/mol. The van der Waals surface area contributed by atoms with Crippen molar-refractivity contribution in [3.63, 3.8) is 0 Å². The van der Waals surface area contributed by atoms with E-state index in [0.717, 1.165) is 56.1 Å². The van der Waals surface area contributed by atoms with Gasteiger partial charge in [0.25, 0.3) is 11.8 Å². The minimum absolute atomic E-state index is 0.0916. The number of rotatable bonds is 5. The molecule has 3 aromatic heterocycles. The molecule has 2 aliphatic heterocycles. The van der Waals surface area contributed by atoms with Crippen LogP contribution in [0.5, 0.6) is 5.75 Å². The number of nitrogens with two attached hydrogens (primary N) is 1. The Bertz CT molecular complexity index is 2300. The number of nitrogen functional groups attached to an aromatic ring is 1. The molecule has 0 bridgehead atoms. The number of aromatic nitrogens is 2. The lowest BCUT2D eigenvalue weighted by atomic mass is 9.97. The second-order valence-corrected chi connectivity index (χ2v) is 14.0. The van der Waals surface area contributed by atoms with Gasteiger partial charge in [0.2, 0.25) is 0 Å². The van der Waals surface area contributed by atoms with E-state index >= 15 is 0 Å². The van der Waals surface area contributed by atoms with Gasteiger partial charge in [0.05, 0.1) is 10.4 Å². The van der Waals surface area contributed by atoms with Crippen molar-refractivity contribution >= 4 is 89.8 Å². The lowest BCUT2D eigenvalue weighted by molar-refractivity contribution is 0.0982. The van der Waals surface area contributed by atoms with Crippen LogP contribution in [0.15, 0.2) is 60.0 Å². The molecule has 3 aromatic carbocycles. The number of aryl methyl sites for hydroxylation is 1. The number of amides is 3. The Morgan fingerprint density at radius 1 is 0.980 bits per heavy atom. The molecule has 0 spiro atoms. The molecule has 1 saturated heterocycles. The normalized spacial score (nSPS) is 16.5. The minimum Gasteiger partial charge on any atom is -0.409 e. The fourth-order valence-corrected chi connectivity index (χ4v) is 8.16. The number of alkyl halides is 1. The Morgan fingerprint density at radius 3 is 2.47 bits per heavy atom. The van der Waals surface area contributed by atoms with Gasteiger partial charge in [0.15, 0.2) is 5.75 Å². The van der Waals surface area contributed by atoms with E-state index in [9.17, 15) is 14.4 Å². The van der Waals surface area contributed by atoms with E-state index in [4.69, 9.17) is 22.1 Å². The monoisotopic (exact) mass is 695 g/mol. The number of aromatic amines is 2. The van der Waals surface area contributed by atoms with E-state index in [0.29, 0.717) is 59.7 Å². The quantitative estimate of drug-likeness (QED) is 0.116. The molecule has 11 nitrogen and oxygen atoms in total. The maximum Gasteiger partial charge on any atom is 0.415 e. The Hall–Kier alpha value is -5.04. The third kappa shape index (κ3) is 5.55. The SMILES string of the molecule is Cc1csc2c(OC(=O)N3CCN(C)CC3)cc3c(c12)C(CCl)CN3C(=O)c1cc2cc(NC(=O)c3cc4cc(N)ccc4[nH]3)ccc2[nH]1. The van der Waals surface area contributed by atoms with Crippen molar-refractivity contribution in [2.45, 2.75) is 12.8 Å². The van der Waals surface area contributed by atoms with Crippen molar-refractivity contribution in [2.24, 2.45) is 0 Å². The highest BCUT2D eigenvalue weighted by molar-refractivity contribution is 7.17. The molecule has 1 fully saturated rings. The molecule has 250 valence electrons. The van der Waals surface area contributed by atoms with Gasteiger partial charge in [-0.05, 0) is 79.0 Å². The number of hydrogen-bond donors (Lipinski definition) is 4. The molecule has 2 aliphatic rings. The van der Waals surface area contributed by atoms with Crippen molar-refractivity contribution < 1.29 is 19.1 Å². The first-order valence-corrected chi connectivity index (χ1v) is 17.5. The summed E-state index contributed by atoms with van der Waals surface area (Å²) < 4.78 is 6.92. The van der Waals surface area contributed by atoms with Crippen LogP contribution in [0, 0.1) is 6.92 Å². The highest BCUT2D eigenvalue weighted by Gasteiger charge is 2.37. The van der Waals surface area contributed by atoms with E-state index in [1.165, 1.54) is 11.3 Å². The molecule has 3 amide bonds. The smallest absolute Gasteiger partial charge is 0.409 e. The summed E-state index contributed by atoms with van der Waals surface area (Å²) in [4.78, 5) is 52.6. The number of anilines is 3. The largest absolute Gasteiger partial charge is 0.415 e. The maximum atomic E-state index is 14.2. The highest BCUT2D eigenvalue weighted by Crippen LogP contribution is 2.49. The Morgan fingerprint density at radius 2 is 1.69 bits per heavy atom. The van der Waals surface area contributed by atoms with Crippen molar-refractivity contribution in [1.29, 1.82) is 0 Å². The second kappa shape index (κ2) is 12.1. The van der Waals surface area contributed by atoms with Crippen molar-refractivity contribution in [1.82, 2.24) is 19.8 Å². The van der Waals surface area contributed by atoms with E-state index in [-0.39, 0.29) is 17.7 Å². The van der Waals surface area contributed by atoms with Crippen LogP contribution in [0.2, 0.25) is 0 Å². The lowest BCUT2D eigenvalue weighted by Gasteiger charge is -2.31. The number of fused-ring (bicyclic) bond motifs is 5. The molecule has 13 heteroatoms. The molecule has 0 aliphatic carbocycles. The van der Waals surface area contributed by atoms with Crippen LogP contribution < -0.4 is 20.7 Å². The average molecular weight is 696 g/mol. The van der Waals surface area contributed by atoms with Crippen LogP contribution in [0.25, 0.3) is 31.9 Å². The molecule has 1 atom stereocenters. The van der Waals surface area contributed by atoms with Gasteiger partial charge in [-0.2, -0.15) is 0 Å². The number of halogens is 1. The fraction of sp³-hybridized carbons (Fsp3) is 0.250. The summed E-state index contributed by atoms with van der Waals surface area (Å²) in [6.45, 7) is 5.18. The second-order valence-electron chi connectivity index (χ2n) is 12.8. The van der Waals surface area contributed by atoms with E-state index < -0.39 is 6.09 Å². The zero-order valence-electron chi connectivity index (χ0n) is 26.9. The summed E-state index contributed by atoms with van der Waals surface area (Å²) in [6, 6.07) is 16.3. The molecule has 5 heterocycles. The van der Waals surface area contributed by atoms with Gasteiger partial charge < -0.3 is 40.5 Å². The Balaban J connectivity index is 1.08. The first kappa shape index (κ1) is 31.2. The number of H-pyrrole nitrogens is 2. The molecule has 8 rings (SSSR count). The number of carbonyl (C=O) groups excluding carboxylic acids is 3. The van der Waals surface area contributed by atoms with E-state index in [1.54, 1.807) is 34.1 Å². The van der Waals surface area contributed by atoms with Crippen LogP contribution in [-0.4, -0.2) is 83.3 Å². The Labute approximate surface area is 290 Å². The molecule has 5 N–H and O–H groups in total. The van der Waals surface area contributed by atoms with Crippen LogP contribution in [-0.2, 0) is 0 Å². The summed E-state index contributed by atoms with van der Waals surface area (Å²) in [5.41, 5.74) is 12.2. The van der Waals surface area contributed by atoms with Crippen LogP contribution in [0.1, 0.15) is 38.0 Å². The summed E-state index contributed by atoms with van der Waals surface area (Å²) in [7, 11) is 2.04. The van der Waals surface area contributed by atoms with Crippen LogP contribution >= 0.6 is 22.9 Å². The average Bonchev–Trinajstić information content (AvgIpc) is 3.88. The first-order chi connectivity index (χ1) is 23.7. The highest BCUT2D eigenvalue weighted by atomic mass is 35.5. The predicted octanol–water partition coefficient (Wildman–Crippen LogP) is 6.74. The number of nitrogens with one attached hydrogen (secondary N) is 3. The van der Waals surface area contributed by atoms with Crippen LogP contribution in [0.4, 0.5) is 21.9 Å². The van der Waals surface area contributed by atoms with Gasteiger partial charge >= 0.3 is 6.09 Å². The molecule has 49 heavy (non-hydrogen) atoms. The fourth-order valence-electron chi connectivity index (χ4n) is 6.89. The molecular formula is C36H34ClN7O4S. The van der Waals surface area contributed by atoms with Crippen LogP contribution in [0.3, 0.4) is 0 Å². The molecule has 1 unspecified atom stereocenters. The summed E-state index contributed by atoms with van der Waals surface area (Å²) in [6.07, 6.45) is -0.391. The number of likely N-dealkylation sites (N-methyl/N-ethyl adjacent to an activating group) is 1. The standard InChI is InChI=1S/C36H34ClN7O4S/c1-19-18-49-33-30(48-36(47)43-9-7-42(2)8-10-43)15-29-32(31(19)33)22(16-37)17-44(29)35(46)28-14-21-12-24(4-6-26(21)41-28)39-34(45)27-13-20-11-23(38)3-5-25(20)40-27/h3-6,11-15,18,22,40-41H,7-10,16-17,38H2,1-2H3,(H,39,45). The number of ether oxygens (including phenoxy) is 1. The van der Waals surface area contributed by atoms with E-state index in [1.807, 2.05) is 44.3 Å². The van der Waals surface area contributed by atoms with E-state index in [2.05, 4.69) is 25.6 Å². The number of hydrogen-bond acceptors (Lipinski definition) is 7. The number of benzene rings is 3. The third-order valence-corrected chi connectivity index (χ3v) is 11.0. The van der Waals surface area contributed by atoms with Crippen molar-refractivity contribution in [3.8, 4) is 5.75 Å². The number of piperazine rings is 1. The Kier molecular flexibility index (Phi) is 7.73. The summed E-state index contributed by atoms with van der Waals surface area (Å²) >= 11 is 8.05. The lowest BCUT2D eigenvalue weighted by Crippen LogP contribution is -2.48. The molecule has 0 saturated carbocycles. The summed E-state index contributed by atoms with van der Waals surface area (Å²) in [5, 5.41) is 7.60. The van der Waals surface area contributed by atoms with Gasteiger partial charge in [-0.25, -0.2) is 4.79 Å². The number of nitrogens with zero attached hydrogens (tertiary/aromatic N) is 3. The minimum atomic E-state index is -0.391. The zero-order valence-corrected chi connectivity index (χ0v) is 28.5. The van der Waals surface area contributed by atoms with Gasteiger partial charge in [0.1, 0.15) is 11.4 Å². The van der Waals surface area contributed by atoms with Gasteiger partial charge in [-0.15, -0.1) is 22.9 Å². The van der Waals surface area contributed by atoms with Crippen molar-refractivity contribution in [2.75, 3.05) is 61.6 Å². The zero-order chi connectivity index (χ0) is 34.0. The van der Waals surface area contributed by atoms with Gasteiger partial charge in [0, 0.05) is 89.2 Å². The number of thiophene rings is 1. The molecule has 0 radical (unpaired) electrons. The van der Waals surface area contributed by atoms with Crippen molar-refractivity contribution in [3.05, 3.63) is 82.5 Å². The molecule has 6 aromatic rings. The summed E-state index contributed by atoms with van der Waals surface area (Å²) in [5.74, 6) is 0.170. The van der Waals surface area contributed by atoms with Gasteiger partial charge in [-0.3, -0.25) is 9.59 Å². The maximum absolute atomic E-state index is 14.2. The number of carbonyl (C=O) groups is 3. The van der Waals surface area contributed by atoms with Gasteiger partial charge in [-0.1, -0.05) is 0 Å².